The summed E-state index contributed by atoms with van der Waals surface area (Å²) in [6, 6.07) is 2.44. The Hall–Kier alpha value is -1.93. The van der Waals surface area contributed by atoms with Crippen LogP contribution in [0.3, 0.4) is 0 Å². The van der Waals surface area contributed by atoms with Crippen molar-refractivity contribution in [1.82, 2.24) is 0 Å². The number of aryl methyl sites for hydroxylation is 1. The van der Waals surface area contributed by atoms with Crippen molar-refractivity contribution in [2.45, 2.75) is 31.9 Å². The molecule has 0 radical (unpaired) electrons. The van der Waals surface area contributed by atoms with Crippen molar-refractivity contribution in [3.63, 3.8) is 0 Å². The summed E-state index contributed by atoms with van der Waals surface area (Å²) in [7, 11) is 0. The topological polar surface area (TPSA) is 0 Å². The third kappa shape index (κ3) is 3.16. The molecular formula is C15H9F9. The number of rotatable bonds is 1. The maximum Gasteiger partial charge on any atom is 0.417 e. The lowest BCUT2D eigenvalue weighted by molar-refractivity contribution is -0.161. The molecule has 0 saturated carbocycles. The van der Waals surface area contributed by atoms with Gasteiger partial charge in [0, 0.05) is 5.39 Å². The van der Waals surface area contributed by atoms with E-state index in [1.807, 2.05) is 0 Å². The molecule has 0 aromatic heterocycles. The van der Waals surface area contributed by atoms with E-state index in [1.165, 1.54) is 6.92 Å². The molecule has 0 heterocycles. The van der Waals surface area contributed by atoms with Crippen molar-refractivity contribution in [3.05, 3.63) is 46.5 Å². The van der Waals surface area contributed by atoms with Gasteiger partial charge in [-0.05, 0) is 29.5 Å². The van der Waals surface area contributed by atoms with Crippen LogP contribution in [0.25, 0.3) is 10.8 Å². The summed E-state index contributed by atoms with van der Waals surface area (Å²) < 4.78 is 118. The smallest absolute Gasteiger partial charge is 0.166 e. The summed E-state index contributed by atoms with van der Waals surface area (Å²) in [6.45, 7) is 1.35. The van der Waals surface area contributed by atoms with E-state index in [0.717, 1.165) is 12.1 Å². The van der Waals surface area contributed by atoms with E-state index in [2.05, 4.69) is 0 Å². The van der Waals surface area contributed by atoms with Crippen LogP contribution in [0.1, 0.15) is 29.2 Å². The molecule has 24 heavy (non-hydrogen) atoms. The molecule has 0 unspecified atom stereocenters. The molecule has 0 N–H and O–H groups in total. The maximum absolute atomic E-state index is 13.2. The summed E-state index contributed by atoms with van der Waals surface area (Å²) in [4.78, 5) is 0. The molecule has 9 heteroatoms. The van der Waals surface area contributed by atoms with Gasteiger partial charge in [-0.25, -0.2) is 0 Å². The predicted octanol–water partition coefficient (Wildman–Crippen LogP) is 6.46. The van der Waals surface area contributed by atoms with E-state index in [1.54, 1.807) is 0 Å². The van der Waals surface area contributed by atoms with E-state index in [9.17, 15) is 39.5 Å². The highest BCUT2D eigenvalue weighted by atomic mass is 19.4. The SMILES string of the molecule is CCc1cc(C(F)(F)F)c(C(F)(F)F)c2c(C(F)(F)F)cccc12. The molecule has 0 bridgehead atoms. The fourth-order valence-electron chi connectivity index (χ4n) is 2.59. The summed E-state index contributed by atoms with van der Waals surface area (Å²) in [5.74, 6) is 0. The molecule has 0 fully saturated rings. The van der Waals surface area contributed by atoms with Crippen LogP contribution in [0.15, 0.2) is 24.3 Å². The molecule has 0 aliphatic heterocycles. The second-order valence-corrected chi connectivity index (χ2v) is 5.03. The van der Waals surface area contributed by atoms with E-state index < -0.39 is 46.0 Å². The zero-order valence-corrected chi connectivity index (χ0v) is 11.9. The molecule has 0 saturated heterocycles. The van der Waals surface area contributed by atoms with Crippen LogP contribution in [-0.4, -0.2) is 0 Å². The van der Waals surface area contributed by atoms with Gasteiger partial charge in [0.1, 0.15) is 0 Å². The molecule has 132 valence electrons. The van der Waals surface area contributed by atoms with Gasteiger partial charge in [-0.15, -0.1) is 0 Å². The normalized spacial score (nSPS) is 13.6. The Morgan fingerprint density at radius 3 is 1.71 bits per heavy atom. The predicted molar refractivity (Wildman–Crippen MR) is 68.3 cm³/mol. The van der Waals surface area contributed by atoms with Gasteiger partial charge in [0.05, 0.1) is 16.7 Å². The number of hydrogen-bond acceptors (Lipinski definition) is 0. The molecular weight excluding hydrogens is 351 g/mol. The fraction of sp³-hybridized carbons (Fsp3) is 0.333. The highest BCUT2D eigenvalue weighted by Gasteiger charge is 2.47. The minimum absolute atomic E-state index is 0.154. The summed E-state index contributed by atoms with van der Waals surface area (Å²) >= 11 is 0. The molecule has 2 rings (SSSR count). The Kier molecular flexibility index (Phi) is 4.26. The second kappa shape index (κ2) is 5.56. The Morgan fingerprint density at radius 1 is 0.750 bits per heavy atom. The van der Waals surface area contributed by atoms with Gasteiger partial charge in [0.2, 0.25) is 0 Å². The second-order valence-electron chi connectivity index (χ2n) is 5.03. The van der Waals surface area contributed by atoms with Gasteiger partial charge in [0.15, 0.2) is 0 Å². The lowest BCUT2D eigenvalue weighted by Gasteiger charge is -2.22. The van der Waals surface area contributed by atoms with Crippen molar-refractivity contribution in [2.24, 2.45) is 0 Å². The van der Waals surface area contributed by atoms with Crippen LogP contribution < -0.4 is 0 Å². The Balaban J connectivity index is 3.16. The van der Waals surface area contributed by atoms with E-state index in [0.29, 0.717) is 6.07 Å². The number of benzene rings is 2. The van der Waals surface area contributed by atoms with Gasteiger partial charge in [-0.3, -0.25) is 0 Å². The van der Waals surface area contributed by atoms with Crippen molar-refractivity contribution in [3.8, 4) is 0 Å². The average Bonchev–Trinajstić information content (AvgIpc) is 2.41. The van der Waals surface area contributed by atoms with Crippen LogP contribution in [0.2, 0.25) is 0 Å². The quantitative estimate of drug-likeness (QED) is 0.512. The van der Waals surface area contributed by atoms with Gasteiger partial charge in [-0.1, -0.05) is 19.1 Å². The van der Waals surface area contributed by atoms with Crippen LogP contribution >= 0.6 is 0 Å². The van der Waals surface area contributed by atoms with Gasteiger partial charge in [0.25, 0.3) is 0 Å². The van der Waals surface area contributed by atoms with Crippen LogP contribution in [0.4, 0.5) is 39.5 Å². The summed E-state index contributed by atoms with van der Waals surface area (Å²) in [6.07, 6.45) is -16.4. The maximum atomic E-state index is 13.2. The molecule has 0 atom stereocenters. The molecule has 2 aromatic carbocycles. The van der Waals surface area contributed by atoms with Crippen LogP contribution in [0, 0.1) is 0 Å². The Morgan fingerprint density at radius 2 is 1.29 bits per heavy atom. The lowest BCUT2D eigenvalue weighted by Crippen LogP contribution is -2.20. The van der Waals surface area contributed by atoms with Crippen LogP contribution in [0.5, 0.6) is 0 Å². The molecule has 0 spiro atoms. The largest absolute Gasteiger partial charge is 0.417 e. The number of fused-ring (bicyclic) bond motifs is 1. The monoisotopic (exact) mass is 360 g/mol. The van der Waals surface area contributed by atoms with Crippen molar-refractivity contribution in [1.29, 1.82) is 0 Å². The van der Waals surface area contributed by atoms with E-state index >= 15 is 0 Å². The van der Waals surface area contributed by atoms with E-state index in [4.69, 9.17) is 0 Å². The van der Waals surface area contributed by atoms with Gasteiger partial charge < -0.3 is 0 Å². The standard InChI is InChI=1S/C15H9F9/c1-2-7-6-10(14(19,20)21)12(15(22,23)24)11-8(7)4-3-5-9(11)13(16,17)18/h3-6H,2H2,1H3. The van der Waals surface area contributed by atoms with E-state index in [-0.39, 0.29) is 18.1 Å². The van der Waals surface area contributed by atoms with Crippen molar-refractivity contribution in [2.75, 3.05) is 0 Å². The Bertz CT molecular complexity index is 764. The van der Waals surface area contributed by atoms with Gasteiger partial charge >= 0.3 is 18.5 Å². The average molecular weight is 360 g/mol. The highest BCUT2D eigenvalue weighted by molar-refractivity contribution is 5.93. The lowest BCUT2D eigenvalue weighted by atomic mass is 9.89. The molecule has 2 aromatic rings. The summed E-state index contributed by atoms with van der Waals surface area (Å²) in [5.41, 5.74) is -6.41. The van der Waals surface area contributed by atoms with Gasteiger partial charge in [-0.2, -0.15) is 39.5 Å². The third-order valence-electron chi connectivity index (χ3n) is 3.52. The first kappa shape index (κ1) is 18.4. The molecule has 0 aliphatic rings. The minimum Gasteiger partial charge on any atom is -0.166 e. The van der Waals surface area contributed by atoms with Crippen molar-refractivity contribution < 1.29 is 39.5 Å². The first-order valence-electron chi connectivity index (χ1n) is 6.58. The molecule has 0 aliphatic carbocycles. The first-order valence-corrected chi connectivity index (χ1v) is 6.58. The number of halogens is 9. The number of hydrogen-bond donors (Lipinski definition) is 0. The zero-order valence-electron chi connectivity index (χ0n) is 11.9. The number of alkyl halides is 9. The highest BCUT2D eigenvalue weighted by Crippen LogP contribution is 2.48. The third-order valence-corrected chi connectivity index (χ3v) is 3.52. The van der Waals surface area contributed by atoms with Crippen molar-refractivity contribution >= 4 is 10.8 Å². The fourth-order valence-corrected chi connectivity index (χ4v) is 2.59. The minimum atomic E-state index is -5.60. The first-order chi connectivity index (χ1) is 10.8. The zero-order chi connectivity index (χ0) is 18.5. The molecule has 0 nitrogen and oxygen atoms in total. The van der Waals surface area contributed by atoms with Crippen LogP contribution in [-0.2, 0) is 24.9 Å². The Labute approximate surface area is 129 Å². The summed E-state index contributed by atoms with van der Waals surface area (Å²) in [5, 5.41) is -1.96. The molecule has 0 amide bonds.